The van der Waals surface area contributed by atoms with Gasteiger partial charge >= 0.3 is 0 Å². The predicted octanol–water partition coefficient (Wildman–Crippen LogP) is 16.3. The number of benzene rings is 9. The van der Waals surface area contributed by atoms with Crippen LogP contribution < -0.4 is 4.90 Å². The first-order valence-electron chi connectivity index (χ1n) is 19.6. The van der Waals surface area contributed by atoms with Crippen LogP contribution in [0.5, 0.6) is 0 Å². The minimum atomic E-state index is 0.903. The third-order valence-corrected chi connectivity index (χ3v) is 12.7. The third kappa shape index (κ3) is 5.34. The van der Waals surface area contributed by atoms with E-state index < -0.39 is 0 Å². The molecule has 0 unspecified atom stereocenters. The molecule has 0 aliphatic carbocycles. The van der Waals surface area contributed by atoms with E-state index in [4.69, 9.17) is 8.83 Å². The first-order valence-corrected chi connectivity index (χ1v) is 20.4. The minimum Gasteiger partial charge on any atom is -0.456 e. The van der Waals surface area contributed by atoms with Crippen molar-refractivity contribution in [1.29, 1.82) is 0 Å². The highest BCUT2D eigenvalue weighted by Crippen LogP contribution is 2.42. The van der Waals surface area contributed by atoms with Crippen LogP contribution in [0.15, 0.2) is 209 Å². The Bertz CT molecular complexity index is 3340. The van der Waals surface area contributed by atoms with Gasteiger partial charge in [0.05, 0.1) is 0 Å². The van der Waals surface area contributed by atoms with Crippen LogP contribution in [0.1, 0.15) is 0 Å². The quantitative estimate of drug-likeness (QED) is 0.169. The standard InChI is InChI=1S/C54H33NO2S/c1-5-14-50-43(8-1)46-12-7-11-42(54(46)57-50)36-20-28-41(29-21-36)55(39-24-16-34(17-25-39)37-22-30-51-47(32-37)44-9-2-4-13-49(44)56-51)40-26-18-35(19-27-40)38-23-31-53-48(33-38)45-10-3-6-15-52(45)58-53/h1-33H. The van der Waals surface area contributed by atoms with E-state index in [1.807, 2.05) is 35.6 Å². The first kappa shape index (κ1) is 32.8. The number of fused-ring (bicyclic) bond motifs is 9. The summed E-state index contributed by atoms with van der Waals surface area (Å²) in [6, 6.07) is 71.6. The summed E-state index contributed by atoms with van der Waals surface area (Å²) in [5, 5.41) is 7.15. The Morgan fingerprint density at radius 1 is 0.310 bits per heavy atom. The Kier molecular flexibility index (Phi) is 7.40. The van der Waals surface area contributed by atoms with Crippen molar-refractivity contribution in [1.82, 2.24) is 0 Å². The van der Waals surface area contributed by atoms with Gasteiger partial charge in [0.15, 0.2) is 0 Å². The molecule has 12 rings (SSSR count). The van der Waals surface area contributed by atoms with Crippen molar-refractivity contribution < 1.29 is 8.83 Å². The van der Waals surface area contributed by atoms with Crippen LogP contribution in [-0.4, -0.2) is 0 Å². The van der Waals surface area contributed by atoms with Gasteiger partial charge in [0, 0.05) is 64.3 Å². The number of hydrogen-bond donors (Lipinski definition) is 0. The van der Waals surface area contributed by atoms with Gasteiger partial charge in [-0.25, -0.2) is 0 Å². The molecule has 0 N–H and O–H groups in total. The van der Waals surface area contributed by atoms with Crippen molar-refractivity contribution in [2.24, 2.45) is 0 Å². The average molecular weight is 760 g/mol. The maximum Gasteiger partial charge on any atom is 0.143 e. The zero-order valence-electron chi connectivity index (χ0n) is 31.2. The highest BCUT2D eigenvalue weighted by Gasteiger charge is 2.17. The number of furan rings is 2. The number of rotatable bonds is 6. The van der Waals surface area contributed by atoms with Crippen molar-refractivity contribution in [2.75, 3.05) is 4.90 Å². The number of para-hydroxylation sites is 3. The second-order valence-corrected chi connectivity index (χ2v) is 16.0. The second-order valence-electron chi connectivity index (χ2n) is 14.9. The largest absolute Gasteiger partial charge is 0.456 e. The molecule has 0 aliphatic heterocycles. The number of hydrogen-bond acceptors (Lipinski definition) is 4. The zero-order chi connectivity index (χ0) is 38.2. The van der Waals surface area contributed by atoms with E-state index in [0.717, 1.165) is 83.2 Å². The van der Waals surface area contributed by atoms with E-state index in [1.54, 1.807) is 0 Å². The summed E-state index contributed by atoms with van der Waals surface area (Å²) in [7, 11) is 0. The van der Waals surface area contributed by atoms with Crippen molar-refractivity contribution in [3.8, 4) is 33.4 Å². The molecule has 0 saturated carbocycles. The molecule has 0 bridgehead atoms. The molecule has 12 aromatic rings. The average Bonchev–Trinajstić information content (AvgIpc) is 3.98. The first-order chi connectivity index (χ1) is 28.7. The van der Waals surface area contributed by atoms with Gasteiger partial charge in [-0.15, -0.1) is 11.3 Å². The van der Waals surface area contributed by atoms with Crippen LogP contribution in [0, 0.1) is 0 Å². The molecule has 0 amide bonds. The lowest BCUT2D eigenvalue weighted by atomic mass is 10.0. The van der Waals surface area contributed by atoms with E-state index in [0.29, 0.717) is 0 Å². The molecule has 9 aromatic carbocycles. The lowest BCUT2D eigenvalue weighted by Crippen LogP contribution is -2.09. The summed E-state index contributed by atoms with van der Waals surface area (Å²) in [5.41, 5.74) is 13.7. The fourth-order valence-electron chi connectivity index (χ4n) is 8.63. The molecule has 0 spiro atoms. The van der Waals surface area contributed by atoms with E-state index in [2.05, 4.69) is 181 Å². The zero-order valence-corrected chi connectivity index (χ0v) is 32.0. The molecule has 3 heterocycles. The van der Waals surface area contributed by atoms with Crippen LogP contribution >= 0.6 is 11.3 Å². The minimum absolute atomic E-state index is 0.903. The molecule has 0 saturated heterocycles. The van der Waals surface area contributed by atoms with Gasteiger partial charge in [-0.2, -0.15) is 0 Å². The van der Waals surface area contributed by atoms with Crippen molar-refractivity contribution in [2.45, 2.75) is 0 Å². The van der Waals surface area contributed by atoms with Crippen LogP contribution in [0.4, 0.5) is 17.1 Å². The highest BCUT2D eigenvalue weighted by molar-refractivity contribution is 7.25. The number of anilines is 3. The molecule has 0 radical (unpaired) electrons. The van der Waals surface area contributed by atoms with Gasteiger partial charge in [-0.3, -0.25) is 0 Å². The summed E-state index contributed by atoms with van der Waals surface area (Å²) in [6.45, 7) is 0. The SMILES string of the molecule is c1ccc2c(c1)oc1ccc(-c3ccc(N(c4ccc(-c5ccc6sc7ccccc7c6c5)cc4)c4ccc(-c5cccc6c5oc5ccccc56)cc4)cc3)cc12. The summed E-state index contributed by atoms with van der Waals surface area (Å²) < 4.78 is 15.2. The smallest absolute Gasteiger partial charge is 0.143 e. The van der Waals surface area contributed by atoms with Crippen LogP contribution in [0.25, 0.3) is 97.4 Å². The summed E-state index contributed by atoms with van der Waals surface area (Å²) in [4.78, 5) is 2.33. The third-order valence-electron chi connectivity index (χ3n) is 11.5. The Hall–Kier alpha value is -7.40. The highest BCUT2D eigenvalue weighted by atomic mass is 32.1. The molecule has 3 nitrogen and oxygen atoms in total. The van der Waals surface area contributed by atoms with Gasteiger partial charge in [0.25, 0.3) is 0 Å². The van der Waals surface area contributed by atoms with E-state index in [1.165, 1.54) is 31.3 Å². The molecule has 58 heavy (non-hydrogen) atoms. The predicted molar refractivity (Wildman–Crippen MR) is 245 cm³/mol. The van der Waals surface area contributed by atoms with Crippen molar-refractivity contribution >= 4 is 92.4 Å². The van der Waals surface area contributed by atoms with Crippen LogP contribution in [0.2, 0.25) is 0 Å². The topological polar surface area (TPSA) is 29.5 Å². The van der Waals surface area contributed by atoms with Gasteiger partial charge < -0.3 is 13.7 Å². The maximum absolute atomic E-state index is 6.41. The molecule has 0 aliphatic rings. The van der Waals surface area contributed by atoms with Gasteiger partial charge in [-0.05, 0) is 107 Å². The van der Waals surface area contributed by atoms with E-state index >= 15 is 0 Å². The Balaban J connectivity index is 0.935. The van der Waals surface area contributed by atoms with Crippen molar-refractivity contribution in [3.63, 3.8) is 0 Å². The molecular weight excluding hydrogens is 727 g/mol. The van der Waals surface area contributed by atoms with Crippen molar-refractivity contribution in [3.05, 3.63) is 200 Å². The Morgan fingerprint density at radius 3 is 1.48 bits per heavy atom. The molecule has 3 aromatic heterocycles. The summed E-state index contributed by atoms with van der Waals surface area (Å²) >= 11 is 1.85. The lowest BCUT2D eigenvalue weighted by molar-refractivity contribution is 0.669. The van der Waals surface area contributed by atoms with E-state index in [9.17, 15) is 0 Å². The Labute approximate surface area is 338 Å². The van der Waals surface area contributed by atoms with Crippen LogP contribution in [0.3, 0.4) is 0 Å². The van der Waals surface area contributed by atoms with Crippen LogP contribution in [-0.2, 0) is 0 Å². The maximum atomic E-state index is 6.41. The number of thiophene rings is 1. The number of nitrogens with zero attached hydrogens (tertiary/aromatic N) is 1. The molecule has 4 heteroatoms. The second kappa shape index (κ2) is 13.1. The molecular formula is C54H33NO2S. The Morgan fingerprint density at radius 2 is 0.793 bits per heavy atom. The normalized spacial score (nSPS) is 11.8. The van der Waals surface area contributed by atoms with Gasteiger partial charge in [0.2, 0.25) is 0 Å². The molecule has 0 atom stereocenters. The fraction of sp³-hybridized carbons (Fsp3) is 0. The lowest BCUT2D eigenvalue weighted by Gasteiger charge is -2.26. The molecule has 272 valence electrons. The summed E-state index contributed by atoms with van der Waals surface area (Å²) in [6.07, 6.45) is 0. The molecule has 0 fully saturated rings. The summed E-state index contributed by atoms with van der Waals surface area (Å²) in [5.74, 6) is 0. The monoisotopic (exact) mass is 759 g/mol. The fourth-order valence-corrected chi connectivity index (χ4v) is 9.72. The van der Waals surface area contributed by atoms with Gasteiger partial charge in [0.1, 0.15) is 22.3 Å². The van der Waals surface area contributed by atoms with Gasteiger partial charge in [-0.1, -0.05) is 121 Å². The van der Waals surface area contributed by atoms with E-state index in [-0.39, 0.29) is 0 Å².